The Morgan fingerprint density at radius 3 is 1.38 bits per heavy atom. The SMILES string of the molecule is COCCOC.O.[KH]. The molecule has 0 fully saturated rings. The van der Waals surface area contributed by atoms with Gasteiger partial charge in [0, 0.05) is 14.2 Å². The summed E-state index contributed by atoms with van der Waals surface area (Å²) in [4.78, 5) is 0. The molecule has 0 saturated heterocycles. The van der Waals surface area contributed by atoms with E-state index in [0.29, 0.717) is 13.2 Å². The molecule has 0 spiro atoms. The van der Waals surface area contributed by atoms with Gasteiger partial charge in [-0.3, -0.25) is 0 Å². The van der Waals surface area contributed by atoms with E-state index in [0.717, 1.165) is 0 Å². The Bertz CT molecular complexity index is 23.2. The van der Waals surface area contributed by atoms with E-state index in [2.05, 4.69) is 9.47 Å². The van der Waals surface area contributed by atoms with Gasteiger partial charge >= 0.3 is 51.4 Å². The molecular formula is C4H13KO3. The summed E-state index contributed by atoms with van der Waals surface area (Å²) >= 11 is 0. The molecule has 0 bridgehead atoms. The molecule has 0 aliphatic carbocycles. The van der Waals surface area contributed by atoms with Gasteiger partial charge < -0.3 is 14.9 Å². The number of hydrogen-bond acceptors (Lipinski definition) is 2. The molecule has 2 N–H and O–H groups in total. The predicted octanol–water partition coefficient (Wildman–Crippen LogP) is -1.19. The van der Waals surface area contributed by atoms with Crippen LogP contribution in [0.25, 0.3) is 0 Å². The Kier molecular flexibility index (Phi) is 32.1. The zero-order valence-corrected chi connectivity index (χ0v) is 4.73. The number of methoxy groups -OCH3 is 2. The molecule has 0 radical (unpaired) electrons. The predicted molar refractivity (Wildman–Crippen MR) is 34.5 cm³/mol. The molecule has 0 saturated carbocycles. The van der Waals surface area contributed by atoms with Crippen molar-refractivity contribution in [3.05, 3.63) is 0 Å². The first kappa shape index (κ1) is 16.3. The van der Waals surface area contributed by atoms with Crippen LogP contribution >= 0.6 is 0 Å². The first-order chi connectivity index (χ1) is 2.91. The summed E-state index contributed by atoms with van der Waals surface area (Å²) in [6, 6.07) is 0. The fourth-order valence-electron chi connectivity index (χ4n) is 0.167. The topological polar surface area (TPSA) is 50.0 Å². The van der Waals surface area contributed by atoms with Gasteiger partial charge in [-0.05, 0) is 0 Å². The fraction of sp³-hybridized carbons (Fsp3) is 1.00. The van der Waals surface area contributed by atoms with Crippen LogP contribution in [0.1, 0.15) is 0 Å². The summed E-state index contributed by atoms with van der Waals surface area (Å²) in [6.45, 7) is 1.38. The van der Waals surface area contributed by atoms with Crippen molar-refractivity contribution in [1.29, 1.82) is 0 Å². The van der Waals surface area contributed by atoms with Crippen LogP contribution in [0.4, 0.5) is 0 Å². The van der Waals surface area contributed by atoms with Crippen LogP contribution in [0.15, 0.2) is 0 Å². The van der Waals surface area contributed by atoms with Gasteiger partial charge in [-0.2, -0.15) is 0 Å². The van der Waals surface area contributed by atoms with Crippen LogP contribution in [0.3, 0.4) is 0 Å². The molecule has 0 aromatic heterocycles. The molecule has 0 aliphatic heterocycles. The Morgan fingerprint density at radius 2 is 1.25 bits per heavy atom. The van der Waals surface area contributed by atoms with Gasteiger partial charge in [0.05, 0.1) is 13.2 Å². The summed E-state index contributed by atoms with van der Waals surface area (Å²) in [5, 5.41) is 0. The van der Waals surface area contributed by atoms with Crippen LogP contribution in [-0.4, -0.2) is 84.3 Å². The Morgan fingerprint density at radius 1 is 1.00 bits per heavy atom. The minimum atomic E-state index is 0. The van der Waals surface area contributed by atoms with Crippen LogP contribution in [-0.2, 0) is 9.47 Å². The third kappa shape index (κ3) is 15.6. The molecule has 48 valence electrons. The van der Waals surface area contributed by atoms with Gasteiger partial charge in [0.15, 0.2) is 0 Å². The normalized spacial score (nSPS) is 6.75. The van der Waals surface area contributed by atoms with E-state index in [1.807, 2.05) is 0 Å². The second kappa shape index (κ2) is 15.8. The summed E-state index contributed by atoms with van der Waals surface area (Å²) in [5.41, 5.74) is 0. The summed E-state index contributed by atoms with van der Waals surface area (Å²) in [5.74, 6) is 0. The first-order valence-electron chi connectivity index (χ1n) is 1.89. The minimum absolute atomic E-state index is 0. The molecule has 3 nitrogen and oxygen atoms in total. The number of ether oxygens (including phenoxy) is 2. The van der Waals surface area contributed by atoms with Crippen LogP contribution in [0.2, 0.25) is 0 Å². The zero-order chi connectivity index (χ0) is 4.83. The van der Waals surface area contributed by atoms with Crippen molar-refractivity contribution in [3.63, 3.8) is 0 Å². The standard InChI is InChI=1S/C4H10O2.K.H2O.H/c1-5-3-4-6-2;;;/h3-4H2,1-2H3;;1H2;. The Balaban J connectivity index is -0.000000125. The van der Waals surface area contributed by atoms with E-state index >= 15 is 0 Å². The quantitative estimate of drug-likeness (QED) is 0.373. The second-order valence-corrected chi connectivity index (χ2v) is 0.986. The maximum atomic E-state index is 4.66. The average Bonchev–Trinajstić information content (AvgIpc) is 1.61. The van der Waals surface area contributed by atoms with Crippen molar-refractivity contribution in [2.45, 2.75) is 0 Å². The van der Waals surface area contributed by atoms with Crippen LogP contribution < -0.4 is 0 Å². The second-order valence-electron chi connectivity index (χ2n) is 0.986. The molecule has 0 rings (SSSR count). The molecule has 0 unspecified atom stereocenters. The summed E-state index contributed by atoms with van der Waals surface area (Å²) in [6.07, 6.45) is 0. The summed E-state index contributed by atoms with van der Waals surface area (Å²) in [7, 11) is 3.30. The molecule has 0 aromatic carbocycles. The average molecular weight is 148 g/mol. The van der Waals surface area contributed by atoms with E-state index in [-0.39, 0.29) is 56.9 Å². The number of hydrogen-bond donors (Lipinski definition) is 0. The van der Waals surface area contributed by atoms with Gasteiger partial charge in [0.25, 0.3) is 0 Å². The van der Waals surface area contributed by atoms with Gasteiger partial charge in [-0.1, -0.05) is 0 Å². The Labute approximate surface area is 92.5 Å². The van der Waals surface area contributed by atoms with Crippen molar-refractivity contribution < 1.29 is 14.9 Å². The molecule has 0 heterocycles. The van der Waals surface area contributed by atoms with E-state index in [4.69, 9.17) is 0 Å². The van der Waals surface area contributed by atoms with Gasteiger partial charge in [-0.25, -0.2) is 0 Å². The van der Waals surface area contributed by atoms with Crippen LogP contribution in [0.5, 0.6) is 0 Å². The molecule has 8 heavy (non-hydrogen) atoms. The van der Waals surface area contributed by atoms with Crippen molar-refractivity contribution in [2.75, 3.05) is 27.4 Å². The fourth-order valence-corrected chi connectivity index (χ4v) is 0.167. The van der Waals surface area contributed by atoms with E-state index < -0.39 is 0 Å². The molecule has 4 heteroatoms. The third-order valence-electron chi connectivity index (χ3n) is 0.492. The maximum absolute atomic E-state index is 4.66. The Hall–Kier alpha value is 1.52. The van der Waals surface area contributed by atoms with Gasteiger partial charge in [0.2, 0.25) is 0 Å². The van der Waals surface area contributed by atoms with E-state index in [1.165, 1.54) is 0 Å². The van der Waals surface area contributed by atoms with Gasteiger partial charge in [-0.15, -0.1) is 0 Å². The molecule has 0 aliphatic rings. The van der Waals surface area contributed by atoms with Gasteiger partial charge in [0.1, 0.15) is 0 Å². The van der Waals surface area contributed by atoms with Crippen molar-refractivity contribution in [2.24, 2.45) is 0 Å². The molecule has 0 aromatic rings. The van der Waals surface area contributed by atoms with E-state index in [9.17, 15) is 0 Å². The third-order valence-corrected chi connectivity index (χ3v) is 0.492. The molecule has 0 atom stereocenters. The zero-order valence-electron chi connectivity index (χ0n) is 4.73. The monoisotopic (exact) mass is 148 g/mol. The first-order valence-corrected chi connectivity index (χ1v) is 1.89. The molecule has 0 amide bonds. The van der Waals surface area contributed by atoms with E-state index in [1.54, 1.807) is 14.2 Å². The van der Waals surface area contributed by atoms with Crippen molar-refractivity contribution in [1.82, 2.24) is 0 Å². The summed E-state index contributed by atoms with van der Waals surface area (Å²) < 4.78 is 9.31. The molecular weight excluding hydrogens is 135 g/mol. The van der Waals surface area contributed by atoms with Crippen molar-refractivity contribution >= 4 is 51.4 Å². The van der Waals surface area contributed by atoms with Crippen molar-refractivity contribution in [3.8, 4) is 0 Å². The van der Waals surface area contributed by atoms with Crippen LogP contribution in [0, 0.1) is 0 Å². The number of rotatable bonds is 3.